The van der Waals surface area contributed by atoms with Gasteiger partial charge in [0, 0.05) is 25.4 Å². The summed E-state index contributed by atoms with van der Waals surface area (Å²) in [4.78, 5) is 18.2. The first kappa shape index (κ1) is 15.0. The fourth-order valence-corrected chi connectivity index (χ4v) is 2.64. The molecule has 0 saturated heterocycles. The second-order valence-corrected chi connectivity index (χ2v) is 6.17. The van der Waals surface area contributed by atoms with E-state index in [9.17, 15) is 4.79 Å². The minimum Gasteiger partial charge on any atom is -0.337 e. The van der Waals surface area contributed by atoms with Crippen molar-refractivity contribution in [2.75, 3.05) is 7.05 Å². The van der Waals surface area contributed by atoms with Crippen LogP contribution in [-0.4, -0.2) is 34.0 Å². The summed E-state index contributed by atoms with van der Waals surface area (Å²) in [6.07, 6.45) is 3.39. The van der Waals surface area contributed by atoms with Gasteiger partial charge in [-0.05, 0) is 25.2 Å². The van der Waals surface area contributed by atoms with Crippen LogP contribution in [0.3, 0.4) is 0 Å². The summed E-state index contributed by atoms with van der Waals surface area (Å²) in [5.41, 5.74) is 5.85. The third kappa shape index (κ3) is 3.79. The molecule has 1 fully saturated rings. The number of hydrogen-bond donors (Lipinski definition) is 1. The van der Waals surface area contributed by atoms with Crippen LogP contribution >= 0.6 is 0 Å². The van der Waals surface area contributed by atoms with E-state index < -0.39 is 0 Å². The normalized spacial score (nSPS) is 22.4. The average Bonchev–Trinajstić information content (AvgIpc) is 2.97. The van der Waals surface area contributed by atoms with Crippen molar-refractivity contribution in [2.24, 2.45) is 17.6 Å². The van der Waals surface area contributed by atoms with Gasteiger partial charge in [-0.25, -0.2) is 0 Å². The summed E-state index contributed by atoms with van der Waals surface area (Å²) < 4.78 is 5.19. The Kier molecular flexibility index (Phi) is 4.75. The molecule has 0 aliphatic heterocycles. The third-order valence-corrected chi connectivity index (χ3v) is 3.67. The molecule has 2 atom stereocenters. The van der Waals surface area contributed by atoms with Crippen LogP contribution in [0, 0.1) is 11.8 Å². The molecular weight excluding hydrogens is 256 g/mol. The number of nitrogens with zero attached hydrogens (tertiary/aromatic N) is 3. The molecule has 1 aromatic heterocycles. The van der Waals surface area contributed by atoms with Gasteiger partial charge in [-0.2, -0.15) is 4.98 Å². The Morgan fingerprint density at radius 2 is 2.25 bits per heavy atom. The van der Waals surface area contributed by atoms with Gasteiger partial charge in [0.25, 0.3) is 0 Å². The molecule has 0 spiro atoms. The Morgan fingerprint density at radius 1 is 1.50 bits per heavy atom. The van der Waals surface area contributed by atoms with Gasteiger partial charge in [-0.15, -0.1) is 0 Å². The van der Waals surface area contributed by atoms with Crippen LogP contribution in [0.1, 0.15) is 44.8 Å². The van der Waals surface area contributed by atoms with Gasteiger partial charge in [0.05, 0.1) is 6.54 Å². The van der Waals surface area contributed by atoms with E-state index in [1.165, 1.54) is 0 Å². The fourth-order valence-electron chi connectivity index (χ4n) is 2.64. The summed E-state index contributed by atoms with van der Waals surface area (Å²) in [6.45, 7) is 4.58. The Bertz CT molecular complexity index is 458. The van der Waals surface area contributed by atoms with Gasteiger partial charge in [0.15, 0.2) is 5.82 Å². The van der Waals surface area contributed by atoms with E-state index in [4.69, 9.17) is 10.3 Å². The lowest BCUT2D eigenvalue weighted by molar-refractivity contribution is -0.134. The van der Waals surface area contributed by atoms with E-state index in [1.54, 1.807) is 11.9 Å². The highest BCUT2D eigenvalue weighted by molar-refractivity contribution is 5.78. The molecule has 0 aromatic carbocycles. The lowest BCUT2D eigenvalue weighted by Crippen LogP contribution is -2.32. The largest absolute Gasteiger partial charge is 0.337 e. The van der Waals surface area contributed by atoms with Crippen molar-refractivity contribution in [3.05, 3.63) is 11.7 Å². The van der Waals surface area contributed by atoms with E-state index in [2.05, 4.69) is 24.0 Å². The molecule has 1 aliphatic rings. The maximum absolute atomic E-state index is 12.3. The first-order valence-electron chi connectivity index (χ1n) is 7.27. The number of amides is 1. The highest BCUT2D eigenvalue weighted by Crippen LogP contribution is 2.26. The van der Waals surface area contributed by atoms with Crippen molar-refractivity contribution >= 4 is 5.91 Å². The van der Waals surface area contributed by atoms with Crippen molar-refractivity contribution in [3.63, 3.8) is 0 Å². The maximum Gasteiger partial charge on any atom is 0.246 e. The first-order valence-corrected chi connectivity index (χ1v) is 7.27. The molecule has 1 heterocycles. The second-order valence-electron chi connectivity index (χ2n) is 6.17. The Hall–Kier alpha value is -1.43. The van der Waals surface area contributed by atoms with Crippen LogP contribution in [0.2, 0.25) is 0 Å². The highest BCUT2D eigenvalue weighted by atomic mass is 16.5. The molecule has 0 bridgehead atoms. The van der Waals surface area contributed by atoms with Gasteiger partial charge in [-0.3, -0.25) is 4.79 Å². The lowest BCUT2D eigenvalue weighted by atomic mass is 10.1. The molecule has 112 valence electrons. The number of carbonyl (C=O) groups is 1. The van der Waals surface area contributed by atoms with Gasteiger partial charge >= 0.3 is 0 Å². The molecule has 2 N–H and O–H groups in total. The van der Waals surface area contributed by atoms with Crippen LogP contribution in [-0.2, 0) is 17.8 Å². The van der Waals surface area contributed by atoms with E-state index in [-0.39, 0.29) is 17.9 Å². The van der Waals surface area contributed by atoms with Crippen molar-refractivity contribution in [3.8, 4) is 0 Å². The maximum atomic E-state index is 12.3. The molecule has 20 heavy (non-hydrogen) atoms. The summed E-state index contributed by atoms with van der Waals surface area (Å²) in [5.74, 6) is 1.87. The molecule has 1 saturated carbocycles. The van der Waals surface area contributed by atoms with Crippen LogP contribution in [0.15, 0.2) is 4.52 Å². The average molecular weight is 280 g/mol. The zero-order chi connectivity index (χ0) is 14.7. The minimum atomic E-state index is 0.0491. The van der Waals surface area contributed by atoms with Gasteiger partial charge in [0.2, 0.25) is 11.8 Å². The molecule has 0 radical (unpaired) electrons. The Labute approximate surface area is 119 Å². The van der Waals surface area contributed by atoms with E-state index in [0.29, 0.717) is 24.2 Å². The summed E-state index contributed by atoms with van der Waals surface area (Å²) in [7, 11) is 1.78. The van der Waals surface area contributed by atoms with Crippen LogP contribution < -0.4 is 5.73 Å². The van der Waals surface area contributed by atoms with Crippen LogP contribution in [0.4, 0.5) is 0 Å². The van der Waals surface area contributed by atoms with Crippen LogP contribution in [0.25, 0.3) is 0 Å². The zero-order valence-corrected chi connectivity index (χ0v) is 12.5. The second kappa shape index (κ2) is 6.35. The van der Waals surface area contributed by atoms with Gasteiger partial charge < -0.3 is 15.2 Å². The first-order chi connectivity index (χ1) is 9.45. The quantitative estimate of drug-likeness (QED) is 0.880. The van der Waals surface area contributed by atoms with E-state index in [1.807, 2.05) is 0 Å². The SMILES string of the molecule is CC(C)Cc1noc(CN(C)C(=O)C2CCC(N)C2)n1. The smallest absolute Gasteiger partial charge is 0.246 e. The molecular formula is C14H24N4O2. The lowest BCUT2D eigenvalue weighted by Gasteiger charge is -2.19. The van der Waals surface area contributed by atoms with Gasteiger partial charge in [0.1, 0.15) is 0 Å². The number of carbonyl (C=O) groups excluding carboxylic acids is 1. The number of rotatable bonds is 5. The number of nitrogens with two attached hydrogens (primary N) is 1. The molecule has 1 aliphatic carbocycles. The van der Waals surface area contributed by atoms with Crippen molar-refractivity contribution in [1.29, 1.82) is 0 Å². The Morgan fingerprint density at radius 3 is 2.85 bits per heavy atom. The molecule has 6 heteroatoms. The fraction of sp³-hybridized carbons (Fsp3) is 0.786. The third-order valence-electron chi connectivity index (χ3n) is 3.67. The number of hydrogen-bond acceptors (Lipinski definition) is 5. The zero-order valence-electron chi connectivity index (χ0n) is 12.5. The van der Waals surface area contributed by atoms with E-state index in [0.717, 1.165) is 25.7 Å². The monoisotopic (exact) mass is 280 g/mol. The predicted molar refractivity (Wildman–Crippen MR) is 74.6 cm³/mol. The summed E-state index contributed by atoms with van der Waals surface area (Å²) in [5, 5.41) is 3.93. The highest BCUT2D eigenvalue weighted by Gasteiger charge is 2.30. The Balaban J connectivity index is 1.88. The molecule has 1 amide bonds. The number of aromatic nitrogens is 2. The molecule has 1 aromatic rings. The minimum absolute atomic E-state index is 0.0491. The standard InChI is InChI=1S/C14H24N4O2/c1-9(2)6-12-16-13(20-17-12)8-18(3)14(19)10-4-5-11(15)7-10/h9-11H,4-8,15H2,1-3H3. The van der Waals surface area contributed by atoms with E-state index >= 15 is 0 Å². The van der Waals surface area contributed by atoms with Crippen LogP contribution in [0.5, 0.6) is 0 Å². The summed E-state index contributed by atoms with van der Waals surface area (Å²) >= 11 is 0. The summed E-state index contributed by atoms with van der Waals surface area (Å²) in [6, 6.07) is 0.165. The van der Waals surface area contributed by atoms with Gasteiger partial charge in [-0.1, -0.05) is 19.0 Å². The van der Waals surface area contributed by atoms with Crippen molar-refractivity contribution < 1.29 is 9.32 Å². The topological polar surface area (TPSA) is 85.2 Å². The molecule has 6 nitrogen and oxygen atoms in total. The van der Waals surface area contributed by atoms with Crippen molar-refractivity contribution in [2.45, 2.75) is 52.1 Å². The molecule has 2 unspecified atom stereocenters. The molecule has 2 rings (SSSR count). The predicted octanol–water partition coefficient (Wildman–Crippen LogP) is 1.35. The van der Waals surface area contributed by atoms with Crippen molar-refractivity contribution in [1.82, 2.24) is 15.0 Å².